The molecule has 196 valence electrons. The van der Waals surface area contributed by atoms with Crippen molar-refractivity contribution in [3.8, 4) is 39.5 Å². The van der Waals surface area contributed by atoms with Gasteiger partial charge >= 0.3 is 0 Å². The van der Waals surface area contributed by atoms with Gasteiger partial charge in [-0.3, -0.25) is 0 Å². The number of allylic oxidation sites excluding steroid dienone is 4. The molecule has 0 heterocycles. The molecule has 1 aliphatic carbocycles. The first-order valence-electron chi connectivity index (χ1n) is 13.4. The minimum absolute atomic E-state index is 0.0418. The molecule has 3 N–H and O–H groups in total. The average Bonchev–Trinajstić information content (AvgIpc) is 3.49. The molecule has 5 aromatic carbocycles. The molecule has 40 heavy (non-hydrogen) atoms. The smallest absolute Gasteiger partial charge is 0.119 e. The maximum atomic E-state index is 11.3. The third-order valence-corrected chi connectivity index (χ3v) is 8.06. The molecule has 0 spiro atoms. The third-order valence-electron chi connectivity index (χ3n) is 8.06. The highest BCUT2D eigenvalue weighted by Gasteiger charge is 2.39. The van der Waals surface area contributed by atoms with Crippen molar-refractivity contribution in [3.63, 3.8) is 0 Å². The van der Waals surface area contributed by atoms with E-state index < -0.39 is 5.41 Å². The maximum absolute atomic E-state index is 11.3. The van der Waals surface area contributed by atoms with Crippen molar-refractivity contribution in [1.82, 2.24) is 0 Å². The van der Waals surface area contributed by atoms with Gasteiger partial charge in [-0.15, -0.1) is 0 Å². The van der Waals surface area contributed by atoms with Crippen LogP contribution in [0.25, 0.3) is 27.8 Å². The van der Waals surface area contributed by atoms with E-state index in [1.807, 2.05) is 48.5 Å². The van der Waals surface area contributed by atoms with Crippen molar-refractivity contribution in [2.45, 2.75) is 12.3 Å². The lowest BCUT2D eigenvalue weighted by Gasteiger charge is -2.36. The molecule has 1 aliphatic rings. The molecular weight excluding hydrogens is 492 g/mol. The Kier molecular flexibility index (Phi) is 6.49. The zero-order valence-electron chi connectivity index (χ0n) is 22.2. The van der Waals surface area contributed by atoms with E-state index in [9.17, 15) is 15.3 Å². The molecule has 0 aromatic heterocycles. The quantitative estimate of drug-likeness (QED) is 0.209. The van der Waals surface area contributed by atoms with Crippen LogP contribution in [0.15, 0.2) is 140 Å². The minimum atomic E-state index is -0.596. The summed E-state index contributed by atoms with van der Waals surface area (Å²) in [5.74, 6) is 0.646. The molecule has 0 saturated carbocycles. The van der Waals surface area contributed by atoms with Crippen LogP contribution in [-0.4, -0.2) is 15.3 Å². The van der Waals surface area contributed by atoms with E-state index in [1.165, 1.54) is 0 Å². The van der Waals surface area contributed by atoms with Gasteiger partial charge in [0.05, 0.1) is 0 Å². The zero-order valence-corrected chi connectivity index (χ0v) is 22.2. The molecule has 2 atom stereocenters. The van der Waals surface area contributed by atoms with Crippen molar-refractivity contribution in [3.05, 3.63) is 156 Å². The normalized spacial score (nSPS) is 15.9. The van der Waals surface area contributed by atoms with Gasteiger partial charge in [0, 0.05) is 16.9 Å². The van der Waals surface area contributed by atoms with Crippen molar-refractivity contribution in [1.29, 1.82) is 0 Å². The SMILES string of the molecule is CC(c1ccc(-c2ccccc2)cc1)(c1cc(-c2ccc(O)cc2)ccc1O)C1C=CC(c2ccc(O)cc2)=C1. The van der Waals surface area contributed by atoms with Gasteiger partial charge in [0.25, 0.3) is 0 Å². The van der Waals surface area contributed by atoms with E-state index in [0.29, 0.717) is 0 Å². The molecule has 0 saturated heterocycles. The lowest BCUT2D eigenvalue weighted by Crippen LogP contribution is -2.31. The predicted octanol–water partition coefficient (Wildman–Crippen LogP) is 8.71. The van der Waals surface area contributed by atoms with Gasteiger partial charge in [-0.2, -0.15) is 0 Å². The number of benzene rings is 5. The first kappa shape index (κ1) is 25.3. The number of hydrogen-bond donors (Lipinski definition) is 3. The summed E-state index contributed by atoms with van der Waals surface area (Å²) < 4.78 is 0. The number of phenols is 3. The van der Waals surface area contributed by atoms with Crippen LogP contribution in [0, 0.1) is 5.92 Å². The van der Waals surface area contributed by atoms with Gasteiger partial charge in [-0.05, 0) is 75.4 Å². The van der Waals surface area contributed by atoms with Crippen LogP contribution in [0.1, 0.15) is 23.6 Å². The van der Waals surface area contributed by atoms with Gasteiger partial charge in [0.15, 0.2) is 0 Å². The second-order valence-corrected chi connectivity index (χ2v) is 10.5. The fraction of sp³-hybridized carbons (Fsp3) is 0.0811. The molecule has 6 rings (SSSR count). The molecule has 0 amide bonds. The second-order valence-electron chi connectivity index (χ2n) is 10.5. The van der Waals surface area contributed by atoms with Crippen LogP contribution in [0.4, 0.5) is 0 Å². The van der Waals surface area contributed by atoms with Gasteiger partial charge in [0.2, 0.25) is 0 Å². The first-order chi connectivity index (χ1) is 19.4. The van der Waals surface area contributed by atoms with E-state index in [4.69, 9.17) is 0 Å². The summed E-state index contributed by atoms with van der Waals surface area (Å²) in [6.07, 6.45) is 6.55. The standard InChI is InChI=1S/C37H30O3/c1-37(31-15-7-26(8-16-31)25-5-3-2-4-6-25,32-17-9-29(23-32)27-10-18-33(38)19-11-27)35-24-30(14-22-36(35)40)28-12-20-34(39)21-13-28/h2-24,32,38-40H,1H3. The lowest BCUT2D eigenvalue weighted by molar-refractivity contribution is 0.424. The average molecular weight is 523 g/mol. The Morgan fingerprint density at radius 3 is 1.73 bits per heavy atom. The van der Waals surface area contributed by atoms with E-state index in [2.05, 4.69) is 67.6 Å². The molecular formula is C37H30O3. The Labute approximate surface area is 234 Å². The molecule has 5 aromatic rings. The van der Waals surface area contributed by atoms with Crippen LogP contribution >= 0.6 is 0 Å². The topological polar surface area (TPSA) is 60.7 Å². The van der Waals surface area contributed by atoms with Gasteiger partial charge in [-0.25, -0.2) is 0 Å². The van der Waals surface area contributed by atoms with E-state index >= 15 is 0 Å². The highest BCUT2D eigenvalue weighted by Crippen LogP contribution is 2.48. The Morgan fingerprint density at radius 1 is 0.550 bits per heavy atom. The number of phenolic OH excluding ortho intramolecular Hbond substituents is 3. The summed E-state index contributed by atoms with van der Waals surface area (Å²) in [5.41, 5.74) is 7.63. The van der Waals surface area contributed by atoms with E-state index in [1.54, 1.807) is 30.3 Å². The summed E-state index contributed by atoms with van der Waals surface area (Å²) in [7, 11) is 0. The van der Waals surface area contributed by atoms with Gasteiger partial charge < -0.3 is 15.3 Å². The summed E-state index contributed by atoms with van der Waals surface area (Å²) >= 11 is 0. The van der Waals surface area contributed by atoms with Crippen LogP contribution in [0.3, 0.4) is 0 Å². The fourth-order valence-electron chi connectivity index (χ4n) is 5.67. The summed E-state index contributed by atoms with van der Waals surface area (Å²) in [6, 6.07) is 39.0. The van der Waals surface area contributed by atoms with Crippen LogP contribution in [0.2, 0.25) is 0 Å². The molecule has 0 fully saturated rings. The van der Waals surface area contributed by atoms with Gasteiger partial charge in [0.1, 0.15) is 17.2 Å². The molecule has 3 nitrogen and oxygen atoms in total. The fourth-order valence-corrected chi connectivity index (χ4v) is 5.67. The number of aromatic hydroxyl groups is 3. The Bertz CT molecular complexity index is 1700. The number of hydrogen-bond acceptors (Lipinski definition) is 3. The highest BCUT2D eigenvalue weighted by atomic mass is 16.3. The minimum Gasteiger partial charge on any atom is -0.508 e. The van der Waals surface area contributed by atoms with Gasteiger partial charge in [-0.1, -0.05) is 110 Å². The first-order valence-corrected chi connectivity index (χ1v) is 13.4. The summed E-state index contributed by atoms with van der Waals surface area (Å²) in [6.45, 7) is 2.19. The molecule has 0 bridgehead atoms. The Morgan fingerprint density at radius 2 is 1.07 bits per heavy atom. The summed E-state index contributed by atoms with van der Waals surface area (Å²) in [4.78, 5) is 0. The zero-order chi connectivity index (χ0) is 27.7. The highest BCUT2D eigenvalue weighted by molar-refractivity contribution is 5.78. The Hall–Kier alpha value is -5.02. The van der Waals surface area contributed by atoms with Crippen molar-refractivity contribution < 1.29 is 15.3 Å². The molecule has 2 unspecified atom stereocenters. The van der Waals surface area contributed by atoms with Crippen LogP contribution < -0.4 is 0 Å². The second kappa shape index (κ2) is 10.3. The largest absolute Gasteiger partial charge is 0.508 e. The van der Waals surface area contributed by atoms with Crippen molar-refractivity contribution in [2.24, 2.45) is 5.92 Å². The molecule has 0 radical (unpaired) electrons. The van der Waals surface area contributed by atoms with E-state index in [-0.39, 0.29) is 23.2 Å². The predicted molar refractivity (Wildman–Crippen MR) is 162 cm³/mol. The Balaban J connectivity index is 1.48. The monoisotopic (exact) mass is 522 g/mol. The summed E-state index contributed by atoms with van der Waals surface area (Å²) in [5, 5.41) is 30.9. The van der Waals surface area contributed by atoms with E-state index in [0.717, 1.165) is 44.5 Å². The molecule has 3 heteroatoms. The molecule has 0 aliphatic heterocycles. The third kappa shape index (κ3) is 4.67. The van der Waals surface area contributed by atoms with Crippen molar-refractivity contribution >= 4 is 5.57 Å². The van der Waals surface area contributed by atoms with Crippen LogP contribution in [-0.2, 0) is 5.41 Å². The maximum Gasteiger partial charge on any atom is 0.119 e. The van der Waals surface area contributed by atoms with Crippen molar-refractivity contribution in [2.75, 3.05) is 0 Å². The van der Waals surface area contributed by atoms with Crippen LogP contribution in [0.5, 0.6) is 17.2 Å². The number of rotatable bonds is 6. The lowest BCUT2D eigenvalue weighted by atomic mass is 9.66.